The highest BCUT2D eigenvalue weighted by Gasteiger charge is 2.31. The molecule has 24 heavy (non-hydrogen) atoms. The van der Waals surface area contributed by atoms with Gasteiger partial charge in [0.05, 0.1) is 0 Å². The van der Waals surface area contributed by atoms with Crippen LogP contribution in [0.25, 0.3) is 21.8 Å². The summed E-state index contributed by atoms with van der Waals surface area (Å²) in [6.45, 7) is 3.41. The lowest BCUT2D eigenvalue weighted by atomic mass is 10.1. The molecular formula is C19H23N5. The summed E-state index contributed by atoms with van der Waals surface area (Å²) in [5, 5.41) is 3.57. The summed E-state index contributed by atoms with van der Waals surface area (Å²) >= 11 is 0. The minimum Gasteiger partial charge on any atom is -0.354 e. The van der Waals surface area contributed by atoms with Crippen molar-refractivity contribution in [3.63, 3.8) is 0 Å². The smallest absolute Gasteiger partial charge is 0.137 e. The van der Waals surface area contributed by atoms with E-state index in [1.165, 1.54) is 42.0 Å². The number of aromatic amines is 1. The quantitative estimate of drug-likeness (QED) is 0.802. The lowest BCUT2D eigenvalue weighted by Gasteiger charge is -2.25. The molecule has 0 amide bonds. The van der Waals surface area contributed by atoms with Gasteiger partial charge >= 0.3 is 0 Å². The first-order valence-corrected chi connectivity index (χ1v) is 8.95. The summed E-state index contributed by atoms with van der Waals surface area (Å²) < 4.78 is 0. The fourth-order valence-corrected chi connectivity index (χ4v) is 4.04. The zero-order valence-corrected chi connectivity index (χ0v) is 14.1. The molecule has 1 unspecified atom stereocenters. The lowest BCUT2D eigenvalue weighted by Crippen LogP contribution is -2.36. The summed E-state index contributed by atoms with van der Waals surface area (Å²) in [7, 11) is 2.29. The number of fused-ring (bicyclic) bond motifs is 3. The SMILES string of the molecule is CN(CC1CC1)C1CCN(c2nccc3cnc4[nH]ccc4c23)C1. The molecule has 0 aromatic carbocycles. The van der Waals surface area contributed by atoms with Crippen LogP contribution in [0.4, 0.5) is 5.82 Å². The van der Waals surface area contributed by atoms with E-state index < -0.39 is 0 Å². The molecule has 1 saturated heterocycles. The van der Waals surface area contributed by atoms with Gasteiger partial charge in [-0.15, -0.1) is 0 Å². The topological polar surface area (TPSA) is 48.1 Å². The van der Waals surface area contributed by atoms with E-state index in [1.54, 1.807) is 0 Å². The summed E-state index contributed by atoms with van der Waals surface area (Å²) in [6, 6.07) is 4.82. The Morgan fingerprint density at radius 2 is 2.17 bits per heavy atom. The molecule has 5 nitrogen and oxygen atoms in total. The zero-order valence-electron chi connectivity index (χ0n) is 14.1. The van der Waals surface area contributed by atoms with Crippen LogP contribution in [0.3, 0.4) is 0 Å². The van der Waals surface area contributed by atoms with Gasteiger partial charge in [0.25, 0.3) is 0 Å². The van der Waals surface area contributed by atoms with E-state index in [-0.39, 0.29) is 0 Å². The summed E-state index contributed by atoms with van der Waals surface area (Å²) in [4.78, 5) is 17.5. The Kier molecular flexibility index (Phi) is 3.23. The van der Waals surface area contributed by atoms with Crippen molar-refractivity contribution in [1.29, 1.82) is 0 Å². The standard InChI is InChI=1S/C19H23N5/c1-23(11-13-2-3-13)15-6-9-24(12-15)19-17-14(4-7-21-19)10-22-18-16(17)5-8-20-18/h4-5,7-8,10,13,15H,2-3,6,9,11-12H2,1H3,(H,20,22). The van der Waals surface area contributed by atoms with E-state index in [1.807, 2.05) is 18.6 Å². The van der Waals surface area contributed by atoms with E-state index in [0.717, 1.165) is 30.5 Å². The summed E-state index contributed by atoms with van der Waals surface area (Å²) in [6.07, 6.45) is 9.90. The Bertz CT molecular complexity index is 882. The average Bonchev–Trinajstić information content (AvgIpc) is 3.12. The first kappa shape index (κ1) is 14.2. The maximum Gasteiger partial charge on any atom is 0.137 e. The second-order valence-corrected chi connectivity index (χ2v) is 7.37. The molecule has 5 heteroatoms. The largest absolute Gasteiger partial charge is 0.354 e. The molecule has 0 spiro atoms. The number of likely N-dealkylation sites (N-methyl/N-ethyl adjacent to an activating group) is 1. The van der Waals surface area contributed by atoms with E-state index in [0.29, 0.717) is 6.04 Å². The normalized spacial score (nSPS) is 21.4. The van der Waals surface area contributed by atoms with Crippen LogP contribution >= 0.6 is 0 Å². The van der Waals surface area contributed by atoms with Crippen LogP contribution in [0, 0.1) is 5.92 Å². The summed E-state index contributed by atoms with van der Waals surface area (Å²) in [5.74, 6) is 2.06. The van der Waals surface area contributed by atoms with E-state index >= 15 is 0 Å². The number of pyridine rings is 2. The molecule has 3 aromatic rings. The number of nitrogens with zero attached hydrogens (tertiary/aromatic N) is 4. The van der Waals surface area contributed by atoms with Gasteiger partial charge < -0.3 is 14.8 Å². The van der Waals surface area contributed by atoms with Crippen LogP contribution in [0.15, 0.2) is 30.7 Å². The maximum atomic E-state index is 4.75. The Morgan fingerprint density at radius 1 is 1.25 bits per heavy atom. The van der Waals surface area contributed by atoms with Crippen molar-refractivity contribution in [2.24, 2.45) is 5.92 Å². The predicted octanol–water partition coefficient (Wildman–Crippen LogP) is 3.03. The number of rotatable bonds is 4. The van der Waals surface area contributed by atoms with Gasteiger partial charge in [-0.2, -0.15) is 0 Å². The van der Waals surface area contributed by atoms with Gasteiger partial charge in [0.15, 0.2) is 0 Å². The van der Waals surface area contributed by atoms with Crippen molar-refractivity contribution < 1.29 is 0 Å². The highest BCUT2D eigenvalue weighted by Crippen LogP contribution is 2.34. The van der Waals surface area contributed by atoms with Gasteiger partial charge in [0.1, 0.15) is 11.5 Å². The second-order valence-electron chi connectivity index (χ2n) is 7.37. The fourth-order valence-electron chi connectivity index (χ4n) is 4.04. The van der Waals surface area contributed by atoms with Crippen molar-refractivity contribution in [2.75, 3.05) is 31.6 Å². The number of nitrogens with one attached hydrogen (secondary N) is 1. The zero-order chi connectivity index (χ0) is 16.1. The predicted molar refractivity (Wildman–Crippen MR) is 97.4 cm³/mol. The van der Waals surface area contributed by atoms with Crippen LogP contribution < -0.4 is 4.90 Å². The van der Waals surface area contributed by atoms with Crippen LogP contribution in [0.1, 0.15) is 19.3 Å². The van der Waals surface area contributed by atoms with Crippen molar-refractivity contribution in [3.05, 3.63) is 30.7 Å². The van der Waals surface area contributed by atoms with Crippen molar-refractivity contribution in [1.82, 2.24) is 19.9 Å². The monoisotopic (exact) mass is 321 g/mol. The van der Waals surface area contributed by atoms with Crippen LogP contribution in [-0.4, -0.2) is 52.6 Å². The van der Waals surface area contributed by atoms with Gasteiger partial charge in [-0.3, -0.25) is 0 Å². The molecule has 3 aromatic heterocycles. The number of aromatic nitrogens is 3. The minimum atomic E-state index is 0.645. The maximum absolute atomic E-state index is 4.75. The molecular weight excluding hydrogens is 298 g/mol. The van der Waals surface area contributed by atoms with Gasteiger partial charge in [-0.1, -0.05) is 0 Å². The Hall–Kier alpha value is -2.14. The van der Waals surface area contributed by atoms with E-state index in [9.17, 15) is 0 Å². The first-order chi connectivity index (χ1) is 11.8. The third-order valence-corrected chi connectivity index (χ3v) is 5.62. The number of hydrogen-bond donors (Lipinski definition) is 1. The van der Waals surface area contributed by atoms with Gasteiger partial charge in [-0.25, -0.2) is 9.97 Å². The average molecular weight is 321 g/mol. The molecule has 0 bridgehead atoms. The van der Waals surface area contributed by atoms with Crippen LogP contribution in [0.2, 0.25) is 0 Å². The number of anilines is 1. The highest BCUT2D eigenvalue weighted by atomic mass is 15.3. The molecule has 1 aliphatic carbocycles. The Balaban J connectivity index is 1.49. The minimum absolute atomic E-state index is 0.645. The summed E-state index contributed by atoms with van der Waals surface area (Å²) in [5.41, 5.74) is 0.943. The van der Waals surface area contributed by atoms with Crippen LogP contribution in [0.5, 0.6) is 0 Å². The first-order valence-electron chi connectivity index (χ1n) is 8.95. The number of H-pyrrole nitrogens is 1. The molecule has 4 heterocycles. The van der Waals surface area contributed by atoms with E-state index in [4.69, 9.17) is 4.98 Å². The van der Waals surface area contributed by atoms with Crippen molar-refractivity contribution in [3.8, 4) is 0 Å². The third kappa shape index (κ3) is 2.35. The third-order valence-electron chi connectivity index (χ3n) is 5.62. The molecule has 1 atom stereocenters. The van der Waals surface area contributed by atoms with Gasteiger partial charge in [0, 0.05) is 60.4 Å². The van der Waals surface area contributed by atoms with E-state index in [2.05, 4.69) is 38.9 Å². The molecule has 0 radical (unpaired) electrons. The Labute approximate surface area is 141 Å². The van der Waals surface area contributed by atoms with Crippen molar-refractivity contribution >= 4 is 27.6 Å². The van der Waals surface area contributed by atoms with Gasteiger partial charge in [0.2, 0.25) is 0 Å². The molecule has 1 saturated carbocycles. The van der Waals surface area contributed by atoms with Crippen molar-refractivity contribution in [2.45, 2.75) is 25.3 Å². The highest BCUT2D eigenvalue weighted by molar-refractivity contribution is 6.10. The van der Waals surface area contributed by atoms with Crippen LogP contribution in [-0.2, 0) is 0 Å². The molecule has 1 N–H and O–H groups in total. The molecule has 2 aliphatic rings. The Morgan fingerprint density at radius 3 is 3.04 bits per heavy atom. The number of hydrogen-bond acceptors (Lipinski definition) is 4. The fraction of sp³-hybridized carbons (Fsp3) is 0.474. The van der Waals surface area contributed by atoms with Gasteiger partial charge in [-0.05, 0) is 44.4 Å². The lowest BCUT2D eigenvalue weighted by molar-refractivity contribution is 0.249. The molecule has 1 aliphatic heterocycles. The second kappa shape index (κ2) is 5.45. The molecule has 5 rings (SSSR count). The molecule has 124 valence electrons. The molecule has 2 fully saturated rings.